The van der Waals surface area contributed by atoms with Crippen LogP contribution >= 0.6 is 0 Å². The first-order valence-electron chi connectivity index (χ1n) is 14.5. The lowest BCUT2D eigenvalue weighted by atomic mass is 9.85. The van der Waals surface area contributed by atoms with Gasteiger partial charge in [-0.3, -0.25) is 9.72 Å². The first-order chi connectivity index (χ1) is 20.2. The second-order valence-electron chi connectivity index (χ2n) is 12.2. The maximum atomic E-state index is 13.4. The van der Waals surface area contributed by atoms with Gasteiger partial charge in [0.1, 0.15) is 23.5 Å². The quantitative estimate of drug-likeness (QED) is 0.229. The van der Waals surface area contributed by atoms with Gasteiger partial charge in [0.05, 0.1) is 23.6 Å². The summed E-state index contributed by atoms with van der Waals surface area (Å²) in [5.41, 5.74) is 4.55. The summed E-state index contributed by atoms with van der Waals surface area (Å²) in [4.78, 5) is 13.4. The summed E-state index contributed by atoms with van der Waals surface area (Å²) in [6.07, 6.45) is 3.33. The lowest BCUT2D eigenvalue weighted by molar-refractivity contribution is 0.171. The van der Waals surface area contributed by atoms with E-state index in [-0.39, 0.29) is 29.5 Å². The van der Waals surface area contributed by atoms with Crippen LogP contribution in [0.25, 0.3) is 11.3 Å². The fraction of sp³-hybridized carbons (Fsp3) is 0.333. The lowest BCUT2D eigenvalue weighted by Crippen LogP contribution is -2.36. The van der Waals surface area contributed by atoms with Gasteiger partial charge in [-0.1, -0.05) is 77.1 Å². The minimum atomic E-state index is -0.272. The summed E-state index contributed by atoms with van der Waals surface area (Å²) in [6, 6.07) is 23.4. The average Bonchev–Trinajstić information content (AvgIpc) is 3.59. The fourth-order valence-electron chi connectivity index (χ4n) is 5.45. The van der Waals surface area contributed by atoms with Crippen LogP contribution in [0.4, 0.5) is 10.6 Å². The Morgan fingerprint density at radius 2 is 1.69 bits per heavy atom. The molecule has 3 aromatic heterocycles. The van der Waals surface area contributed by atoms with Crippen LogP contribution in [0.3, 0.4) is 0 Å². The number of carbonyl (C=O) groups excluding carboxylic acids is 1. The molecule has 2 N–H and O–H groups in total. The van der Waals surface area contributed by atoms with Crippen molar-refractivity contribution >= 4 is 17.5 Å². The molecule has 0 radical (unpaired) electrons. The summed E-state index contributed by atoms with van der Waals surface area (Å²) in [6.45, 7) is 10.5. The number of hydrogen-bond acceptors (Lipinski definition) is 5. The van der Waals surface area contributed by atoms with E-state index in [2.05, 4.69) is 67.6 Å². The molecular formula is C33H37N7O2. The third-order valence-electron chi connectivity index (χ3n) is 7.66. The molecule has 216 valence electrons. The zero-order valence-corrected chi connectivity index (χ0v) is 24.7. The van der Waals surface area contributed by atoms with Crippen LogP contribution in [0.5, 0.6) is 5.75 Å². The maximum Gasteiger partial charge on any atom is 0.320 e. The van der Waals surface area contributed by atoms with Crippen molar-refractivity contribution in [2.45, 2.75) is 70.9 Å². The van der Waals surface area contributed by atoms with Gasteiger partial charge in [-0.15, -0.1) is 10.2 Å². The Kier molecular flexibility index (Phi) is 7.18. The van der Waals surface area contributed by atoms with Crippen LogP contribution in [0.2, 0.25) is 0 Å². The lowest BCUT2D eigenvalue weighted by Gasteiger charge is -2.32. The van der Waals surface area contributed by atoms with Crippen molar-refractivity contribution in [1.82, 2.24) is 29.7 Å². The van der Waals surface area contributed by atoms with E-state index in [0.717, 1.165) is 52.6 Å². The van der Waals surface area contributed by atoms with Crippen LogP contribution in [-0.4, -0.2) is 30.4 Å². The van der Waals surface area contributed by atoms with Gasteiger partial charge in [0.2, 0.25) is 0 Å². The zero-order valence-electron chi connectivity index (χ0n) is 24.7. The molecule has 0 spiro atoms. The molecule has 42 heavy (non-hydrogen) atoms. The smallest absolute Gasteiger partial charge is 0.320 e. The molecule has 0 saturated heterocycles. The van der Waals surface area contributed by atoms with Crippen molar-refractivity contribution in [3.8, 4) is 11.4 Å². The summed E-state index contributed by atoms with van der Waals surface area (Å²) < 4.78 is 10.3. The second-order valence-corrected chi connectivity index (χ2v) is 12.2. The van der Waals surface area contributed by atoms with E-state index in [1.807, 2.05) is 71.3 Å². The number of ether oxygens (including phenoxy) is 1. The van der Waals surface area contributed by atoms with Crippen LogP contribution < -0.4 is 15.4 Å². The molecule has 2 unspecified atom stereocenters. The predicted molar refractivity (Wildman–Crippen MR) is 163 cm³/mol. The standard InChI is InChI=1S/C33H37N7O2/c1-21(2)31-37-36-29-18-15-23(20-39(29)31)42-27-17-16-26(24-13-9-10-14-25(24)27)34-32(41)35-30-19-28(33(3,4)5)38-40(30)22-11-7-6-8-12-22/h6-15,18-21,26-27H,16-17H2,1-5H3,(H2,34,35,41). The number of nitrogens with one attached hydrogen (secondary N) is 2. The topological polar surface area (TPSA) is 98.4 Å². The molecule has 6 rings (SSSR count). The number of carbonyl (C=O) groups is 1. The van der Waals surface area contributed by atoms with Crippen molar-refractivity contribution in [2.75, 3.05) is 5.32 Å². The number of aromatic nitrogens is 5. The number of anilines is 1. The summed E-state index contributed by atoms with van der Waals surface area (Å²) in [7, 11) is 0. The molecule has 5 aromatic rings. The van der Waals surface area contributed by atoms with E-state index >= 15 is 0 Å². The van der Waals surface area contributed by atoms with Crippen molar-refractivity contribution < 1.29 is 9.53 Å². The highest BCUT2D eigenvalue weighted by Gasteiger charge is 2.30. The van der Waals surface area contributed by atoms with Gasteiger partial charge < -0.3 is 10.1 Å². The molecule has 9 nitrogen and oxygen atoms in total. The Morgan fingerprint density at radius 3 is 2.43 bits per heavy atom. The Morgan fingerprint density at radius 1 is 0.952 bits per heavy atom. The number of urea groups is 1. The molecule has 0 bridgehead atoms. The molecule has 3 heterocycles. The summed E-state index contributed by atoms with van der Waals surface area (Å²) >= 11 is 0. The van der Waals surface area contributed by atoms with E-state index in [4.69, 9.17) is 9.84 Å². The van der Waals surface area contributed by atoms with Crippen LogP contribution in [-0.2, 0) is 5.41 Å². The largest absolute Gasteiger partial charge is 0.484 e. The third-order valence-corrected chi connectivity index (χ3v) is 7.66. The highest BCUT2D eigenvalue weighted by molar-refractivity contribution is 5.89. The minimum absolute atomic E-state index is 0.132. The third kappa shape index (κ3) is 5.46. The van der Waals surface area contributed by atoms with E-state index in [9.17, 15) is 4.79 Å². The van der Waals surface area contributed by atoms with Crippen molar-refractivity contribution in [2.24, 2.45) is 0 Å². The molecule has 1 aliphatic carbocycles. The van der Waals surface area contributed by atoms with E-state index < -0.39 is 0 Å². The molecule has 2 amide bonds. The Hall–Kier alpha value is -4.66. The number of fused-ring (bicyclic) bond motifs is 2. The highest BCUT2D eigenvalue weighted by Crippen LogP contribution is 2.39. The molecule has 2 atom stereocenters. The fourth-order valence-corrected chi connectivity index (χ4v) is 5.45. The van der Waals surface area contributed by atoms with Crippen molar-refractivity contribution in [3.05, 3.63) is 102 Å². The van der Waals surface area contributed by atoms with Gasteiger partial charge in [-0.25, -0.2) is 9.48 Å². The Bertz CT molecular complexity index is 1720. The van der Waals surface area contributed by atoms with Gasteiger partial charge >= 0.3 is 6.03 Å². The zero-order chi connectivity index (χ0) is 29.4. The maximum absolute atomic E-state index is 13.4. The minimum Gasteiger partial charge on any atom is -0.484 e. The molecular weight excluding hydrogens is 526 g/mol. The van der Waals surface area contributed by atoms with E-state index in [1.165, 1.54) is 0 Å². The number of rotatable bonds is 6. The number of pyridine rings is 1. The monoisotopic (exact) mass is 563 g/mol. The van der Waals surface area contributed by atoms with Gasteiger partial charge in [0, 0.05) is 17.4 Å². The number of para-hydroxylation sites is 1. The first-order valence-corrected chi connectivity index (χ1v) is 14.5. The van der Waals surface area contributed by atoms with Crippen LogP contribution in [0.15, 0.2) is 79.0 Å². The molecule has 0 saturated carbocycles. The van der Waals surface area contributed by atoms with Gasteiger partial charge in [-0.05, 0) is 48.2 Å². The molecule has 0 aliphatic heterocycles. The number of benzene rings is 2. The molecule has 2 aromatic carbocycles. The van der Waals surface area contributed by atoms with Crippen molar-refractivity contribution in [3.63, 3.8) is 0 Å². The van der Waals surface area contributed by atoms with Crippen LogP contribution in [0.1, 0.15) is 88.2 Å². The van der Waals surface area contributed by atoms with Crippen LogP contribution in [0, 0.1) is 0 Å². The normalized spacial score (nSPS) is 16.8. The highest BCUT2D eigenvalue weighted by atomic mass is 16.5. The first kappa shape index (κ1) is 27.5. The average molecular weight is 564 g/mol. The molecule has 9 heteroatoms. The molecule has 1 aliphatic rings. The van der Waals surface area contributed by atoms with Crippen molar-refractivity contribution in [1.29, 1.82) is 0 Å². The Labute approximate surface area is 245 Å². The van der Waals surface area contributed by atoms with E-state index in [1.54, 1.807) is 4.68 Å². The number of amides is 2. The summed E-state index contributed by atoms with van der Waals surface area (Å²) in [5.74, 6) is 2.53. The number of hydrogen-bond donors (Lipinski definition) is 2. The predicted octanol–water partition coefficient (Wildman–Crippen LogP) is 7.11. The number of nitrogens with zero attached hydrogens (tertiary/aromatic N) is 5. The molecule has 0 fully saturated rings. The van der Waals surface area contributed by atoms with Gasteiger partial charge in [0.25, 0.3) is 0 Å². The summed E-state index contributed by atoms with van der Waals surface area (Å²) in [5, 5.41) is 19.7. The SMILES string of the molecule is CC(C)c1nnc2ccc(OC3CCC(NC(=O)Nc4cc(C(C)(C)C)nn4-c4ccccc4)c4ccccc43)cn12. The Balaban J connectivity index is 1.21. The van der Waals surface area contributed by atoms with Gasteiger partial charge in [0.15, 0.2) is 5.65 Å². The van der Waals surface area contributed by atoms with E-state index in [0.29, 0.717) is 5.82 Å². The second kappa shape index (κ2) is 11.0. The van der Waals surface area contributed by atoms with Gasteiger partial charge in [-0.2, -0.15) is 5.10 Å².